The van der Waals surface area contributed by atoms with Crippen LogP contribution in [0.3, 0.4) is 0 Å². The largest absolute Gasteiger partial charge is 0.353 e. The minimum absolute atomic E-state index is 0.0595. The molecule has 2 aromatic rings. The fourth-order valence-electron chi connectivity index (χ4n) is 3.64. The summed E-state index contributed by atoms with van der Waals surface area (Å²) < 4.78 is 13.1. The number of benzene rings is 2. The molecule has 30 heavy (non-hydrogen) atoms. The molecule has 0 unspecified atom stereocenters. The molecule has 2 aromatic carbocycles. The van der Waals surface area contributed by atoms with Gasteiger partial charge in [0.25, 0.3) is 0 Å². The highest BCUT2D eigenvalue weighted by Gasteiger charge is 2.22. The maximum absolute atomic E-state index is 13.1. The molecule has 0 radical (unpaired) electrons. The van der Waals surface area contributed by atoms with Crippen LogP contribution in [0.15, 0.2) is 48.5 Å². The average Bonchev–Trinajstić information content (AvgIpc) is 2.76. The zero-order valence-corrected chi connectivity index (χ0v) is 17.8. The number of halogens is 1. The number of amides is 2. The van der Waals surface area contributed by atoms with E-state index in [9.17, 15) is 14.0 Å². The van der Waals surface area contributed by atoms with Gasteiger partial charge in [-0.25, -0.2) is 4.39 Å². The fourth-order valence-corrected chi connectivity index (χ4v) is 3.64. The molecule has 5 nitrogen and oxygen atoms in total. The number of anilines is 1. The highest BCUT2D eigenvalue weighted by molar-refractivity contribution is 5.86. The summed E-state index contributed by atoms with van der Waals surface area (Å²) in [4.78, 5) is 31.1. The average molecular weight is 412 g/mol. The lowest BCUT2D eigenvalue weighted by molar-refractivity contribution is -0.131. The van der Waals surface area contributed by atoms with Crippen LogP contribution in [-0.2, 0) is 16.1 Å². The number of hydrogen-bond acceptors (Lipinski definition) is 3. The fraction of sp³-hybridized carbons (Fsp3) is 0.417. The third-order valence-electron chi connectivity index (χ3n) is 5.52. The van der Waals surface area contributed by atoms with Crippen LogP contribution in [0.25, 0.3) is 0 Å². The Kier molecular flexibility index (Phi) is 7.44. The van der Waals surface area contributed by atoms with Crippen molar-refractivity contribution in [2.75, 3.05) is 38.1 Å². The summed E-state index contributed by atoms with van der Waals surface area (Å²) in [5, 5.41) is 0. The molecule has 0 atom stereocenters. The van der Waals surface area contributed by atoms with Gasteiger partial charge in [0.2, 0.25) is 11.8 Å². The summed E-state index contributed by atoms with van der Waals surface area (Å²) in [5.74, 6) is -0.329. The first-order chi connectivity index (χ1) is 14.4. The Morgan fingerprint density at radius 3 is 2.20 bits per heavy atom. The van der Waals surface area contributed by atoms with Crippen molar-refractivity contribution in [2.24, 2.45) is 0 Å². The molecule has 2 amide bonds. The van der Waals surface area contributed by atoms with Crippen LogP contribution >= 0.6 is 0 Å². The van der Waals surface area contributed by atoms with Gasteiger partial charge in [-0.05, 0) is 56.0 Å². The molecule has 0 spiro atoms. The topological polar surface area (TPSA) is 43.9 Å². The first-order valence-corrected chi connectivity index (χ1v) is 10.5. The quantitative estimate of drug-likeness (QED) is 0.699. The number of nitrogens with zero attached hydrogens (tertiary/aromatic N) is 3. The first kappa shape index (κ1) is 21.8. The van der Waals surface area contributed by atoms with Gasteiger partial charge in [0, 0.05) is 32.4 Å². The van der Waals surface area contributed by atoms with Crippen LogP contribution in [0.4, 0.5) is 10.1 Å². The number of rotatable bonds is 7. The Morgan fingerprint density at radius 1 is 0.933 bits per heavy atom. The third-order valence-corrected chi connectivity index (χ3v) is 5.52. The minimum atomic E-state index is -0.297. The van der Waals surface area contributed by atoms with E-state index in [0.29, 0.717) is 6.54 Å². The predicted molar refractivity (Wildman–Crippen MR) is 117 cm³/mol. The summed E-state index contributed by atoms with van der Waals surface area (Å²) in [7, 11) is 1.73. The lowest BCUT2D eigenvalue weighted by Gasteiger charge is -2.31. The maximum atomic E-state index is 13.1. The molecule has 3 rings (SSSR count). The Bertz CT molecular complexity index is 846. The SMILES string of the molecule is Cc1ccc(N(CC(=O)N(C)Cc2ccc(F)cc2)CC(=O)N2CCCCC2)cc1. The van der Waals surface area contributed by atoms with E-state index in [4.69, 9.17) is 0 Å². The van der Waals surface area contributed by atoms with Gasteiger partial charge in [0.05, 0.1) is 13.1 Å². The smallest absolute Gasteiger partial charge is 0.242 e. The number of likely N-dealkylation sites (N-methyl/N-ethyl adjacent to an activating group) is 1. The lowest BCUT2D eigenvalue weighted by atomic mass is 10.1. The number of aryl methyl sites for hydroxylation is 1. The van der Waals surface area contributed by atoms with Gasteiger partial charge >= 0.3 is 0 Å². The number of hydrogen-bond donors (Lipinski definition) is 0. The van der Waals surface area contributed by atoms with Crippen molar-refractivity contribution >= 4 is 17.5 Å². The molecular weight excluding hydrogens is 381 g/mol. The van der Waals surface area contributed by atoms with Gasteiger partial charge < -0.3 is 14.7 Å². The molecule has 6 heteroatoms. The van der Waals surface area contributed by atoms with Crippen molar-refractivity contribution in [1.82, 2.24) is 9.80 Å². The van der Waals surface area contributed by atoms with Crippen molar-refractivity contribution < 1.29 is 14.0 Å². The van der Waals surface area contributed by atoms with Gasteiger partial charge in [-0.3, -0.25) is 9.59 Å². The second-order valence-electron chi connectivity index (χ2n) is 8.01. The van der Waals surface area contributed by atoms with E-state index in [1.807, 2.05) is 41.0 Å². The molecule has 0 aromatic heterocycles. The summed E-state index contributed by atoms with van der Waals surface area (Å²) in [6.07, 6.45) is 3.24. The monoisotopic (exact) mass is 411 g/mol. The summed E-state index contributed by atoms with van der Waals surface area (Å²) >= 11 is 0. The summed E-state index contributed by atoms with van der Waals surface area (Å²) in [6.45, 7) is 4.27. The predicted octanol–water partition coefficient (Wildman–Crippen LogP) is 3.61. The number of carbonyl (C=O) groups is 2. The van der Waals surface area contributed by atoms with Crippen LogP contribution in [0.5, 0.6) is 0 Å². The molecule has 0 saturated carbocycles. The Morgan fingerprint density at radius 2 is 1.57 bits per heavy atom. The Balaban J connectivity index is 1.68. The summed E-state index contributed by atoms with van der Waals surface area (Å²) in [6, 6.07) is 14.0. The van der Waals surface area contributed by atoms with Crippen LogP contribution in [0, 0.1) is 12.7 Å². The molecule has 0 N–H and O–H groups in total. The van der Waals surface area contributed by atoms with Crippen molar-refractivity contribution in [3.63, 3.8) is 0 Å². The lowest BCUT2D eigenvalue weighted by Crippen LogP contribution is -2.46. The van der Waals surface area contributed by atoms with Gasteiger partial charge in [0.1, 0.15) is 5.82 Å². The van der Waals surface area contributed by atoms with E-state index in [1.165, 1.54) is 12.1 Å². The standard InChI is InChI=1S/C24H30FN3O2/c1-19-6-12-22(13-7-19)28(18-24(30)27-14-4-3-5-15-27)17-23(29)26(2)16-20-8-10-21(25)11-9-20/h6-13H,3-5,14-18H2,1-2H3. The van der Waals surface area contributed by atoms with Gasteiger partial charge in [-0.15, -0.1) is 0 Å². The maximum Gasteiger partial charge on any atom is 0.242 e. The number of carbonyl (C=O) groups excluding carboxylic acids is 2. The molecular formula is C24H30FN3O2. The van der Waals surface area contributed by atoms with E-state index < -0.39 is 0 Å². The molecule has 0 bridgehead atoms. The molecule has 160 valence electrons. The molecule has 1 fully saturated rings. The number of likely N-dealkylation sites (tertiary alicyclic amines) is 1. The molecule has 1 aliphatic heterocycles. The second-order valence-corrected chi connectivity index (χ2v) is 8.01. The van der Waals surface area contributed by atoms with Crippen LogP contribution < -0.4 is 4.90 Å². The molecule has 1 saturated heterocycles. The normalized spacial score (nSPS) is 13.8. The Hall–Kier alpha value is -2.89. The van der Waals surface area contributed by atoms with E-state index in [-0.39, 0.29) is 30.7 Å². The van der Waals surface area contributed by atoms with Gasteiger partial charge in [-0.2, -0.15) is 0 Å². The van der Waals surface area contributed by atoms with Crippen LogP contribution in [-0.4, -0.2) is 54.8 Å². The van der Waals surface area contributed by atoms with Crippen molar-refractivity contribution in [3.8, 4) is 0 Å². The van der Waals surface area contributed by atoms with Crippen molar-refractivity contribution in [2.45, 2.75) is 32.7 Å². The van der Waals surface area contributed by atoms with Crippen molar-refractivity contribution in [3.05, 3.63) is 65.5 Å². The van der Waals surface area contributed by atoms with Crippen LogP contribution in [0.1, 0.15) is 30.4 Å². The van der Waals surface area contributed by atoms with Gasteiger partial charge in [0.15, 0.2) is 0 Å². The molecule has 1 heterocycles. The van der Waals surface area contributed by atoms with Gasteiger partial charge in [-0.1, -0.05) is 29.8 Å². The summed E-state index contributed by atoms with van der Waals surface area (Å²) in [5.41, 5.74) is 2.84. The van der Waals surface area contributed by atoms with E-state index in [0.717, 1.165) is 49.2 Å². The molecule has 1 aliphatic rings. The zero-order chi connectivity index (χ0) is 21.5. The van der Waals surface area contributed by atoms with Crippen LogP contribution in [0.2, 0.25) is 0 Å². The van der Waals surface area contributed by atoms with E-state index in [1.54, 1.807) is 24.1 Å². The molecule has 0 aliphatic carbocycles. The zero-order valence-electron chi connectivity index (χ0n) is 17.8. The highest BCUT2D eigenvalue weighted by atomic mass is 19.1. The highest BCUT2D eigenvalue weighted by Crippen LogP contribution is 2.17. The van der Waals surface area contributed by atoms with E-state index >= 15 is 0 Å². The first-order valence-electron chi connectivity index (χ1n) is 10.5. The Labute approximate surface area is 178 Å². The van der Waals surface area contributed by atoms with E-state index in [2.05, 4.69) is 0 Å². The third kappa shape index (κ3) is 6.05. The minimum Gasteiger partial charge on any atom is -0.353 e. The van der Waals surface area contributed by atoms with Crippen molar-refractivity contribution in [1.29, 1.82) is 0 Å². The second kappa shape index (κ2) is 10.2. The number of piperidine rings is 1.